The van der Waals surface area contributed by atoms with Crippen LogP contribution < -0.4 is 5.32 Å². The summed E-state index contributed by atoms with van der Waals surface area (Å²) in [4.78, 5) is 12.1. The van der Waals surface area contributed by atoms with Gasteiger partial charge in [-0.1, -0.05) is 90.5 Å². The standard InChI is InChI=1S/C25H25NO/c1-20-12-14-21(15-13-20)16-17-25(27)26-19-18-24(22-8-4-2-5-9-22)23-10-6-3-7-11-23/h2-17,24H,18-19H2,1H3,(H,26,27). The number of benzene rings is 3. The second-order valence-corrected chi connectivity index (χ2v) is 6.70. The maximum atomic E-state index is 12.1. The van der Waals surface area contributed by atoms with Gasteiger partial charge < -0.3 is 5.32 Å². The maximum absolute atomic E-state index is 12.1. The summed E-state index contributed by atoms with van der Waals surface area (Å²) in [6, 6.07) is 29.0. The average molecular weight is 355 g/mol. The van der Waals surface area contributed by atoms with Gasteiger partial charge in [-0.3, -0.25) is 4.79 Å². The van der Waals surface area contributed by atoms with Gasteiger partial charge >= 0.3 is 0 Å². The fourth-order valence-corrected chi connectivity index (χ4v) is 3.14. The lowest BCUT2D eigenvalue weighted by Crippen LogP contribution is -2.23. The van der Waals surface area contributed by atoms with Crippen LogP contribution in [0.2, 0.25) is 0 Å². The lowest BCUT2D eigenvalue weighted by atomic mass is 9.88. The van der Waals surface area contributed by atoms with Crippen molar-refractivity contribution < 1.29 is 4.79 Å². The number of amides is 1. The number of rotatable bonds is 7. The Hall–Kier alpha value is -3.13. The van der Waals surface area contributed by atoms with E-state index in [1.807, 2.05) is 42.5 Å². The van der Waals surface area contributed by atoms with Crippen LogP contribution >= 0.6 is 0 Å². The molecule has 0 aliphatic carbocycles. The van der Waals surface area contributed by atoms with Gasteiger partial charge in [0.05, 0.1) is 0 Å². The first-order chi connectivity index (χ1) is 13.2. The summed E-state index contributed by atoms with van der Waals surface area (Å²) in [7, 11) is 0. The van der Waals surface area contributed by atoms with Gasteiger partial charge in [0, 0.05) is 18.5 Å². The summed E-state index contributed by atoms with van der Waals surface area (Å²) < 4.78 is 0. The molecule has 136 valence electrons. The predicted octanol–water partition coefficient (Wildman–Crippen LogP) is 5.35. The molecule has 2 heteroatoms. The smallest absolute Gasteiger partial charge is 0.243 e. The van der Waals surface area contributed by atoms with E-state index in [2.05, 4.69) is 60.8 Å². The number of carbonyl (C=O) groups is 1. The van der Waals surface area contributed by atoms with E-state index < -0.39 is 0 Å². The molecule has 0 heterocycles. The molecule has 1 amide bonds. The monoisotopic (exact) mass is 355 g/mol. The lowest BCUT2D eigenvalue weighted by molar-refractivity contribution is -0.116. The summed E-state index contributed by atoms with van der Waals surface area (Å²) in [6.45, 7) is 2.68. The van der Waals surface area contributed by atoms with Crippen LogP contribution in [0.3, 0.4) is 0 Å². The van der Waals surface area contributed by atoms with Crippen molar-refractivity contribution in [1.82, 2.24) is 5.32 Å². The molecule has 0 aliphatic heterocycles. The Balaban J connectivity index is 1.59. The second-order valence-electron chi connectivity index (χ2n) is 6.70. The number of hydrogen-bond donors (Lipinski definition) is 1. The topological polar surface area (TPSA) is 29.1 Å². The van der Waals surface area contributed by atoms with Crippen molar-refractivity contribution in [2.45, 2.75) is 19.3 Å². The molecule has 0 aliphatic rings. The third-order valence-corrected chi connectivity index (χ3v) is 4.64. The molecule has 1 N–H and O–H groups in total. The molecule has 0 saturated heterocycles. The van der Waals surface area contributed by atoms with Crippen LogP contribution in [0.25, 0.3) is 6.08 Å². The maximum Gasteiger partial charge on any atom is 0.243 e. The van der Waals surface area contributed by atoms with Crippen LogP contribution in [0, 0.1) is 6.92 Å². The van der Waals surface area contributed by atoms with Crippen LogP contribution in [0.4, 0.5) is 0 Å². The molecule has 27 heavy (non-hydrogen) atoms. The highest BCUT2D eigenvalue weighted by molar-refractivity contribution is 5.91. The zero-order valence-corrected chi connectivity index (χ0v) is 15.6. The number of carbonyl (C=O) groups excluding carboxylic acids is 1. The van der Waals surface area contributed by atoms with Crippen molar-refractivity contribution in [2.24, 2.45) is 0 Å². The third kappa shape index (κ3) is 5.68. The first kappa shape index (κ1) is 18.7. The van der Waals surface area contributed by atoms with E-state index in [9.17, 15) is 4.79 Å². The molecule has 0 atom stereocenters. The van der Waals surface area contributed by atoms with Crippen molar-refractivity contribution in [3.63, 3.8) is 0 Å². The van der Waals surface area contributed by atoms with Gasteiger partial charge in [-0.05, 0) is 36.1 Å². The normalized spacial score (nSPS) is 11.0. The second kappa shape index (κ2) is 9.54. The summed E-state index contributed by atoms with van der Waals surface area (Å²) in [5.74, 6) is 0.212. The van der Waals surface area contributed by atoms with Crippen LogP contribution in [0.15, 0.2) is 91.0 Å². The van der Waals surface area contributed by atoms with E-state index >= 15 is 0 Å². The van der Waals surface area contributed by atoms with Gasteiger partial charge in [-0.15, -0.1) is 0 Å². The summed E-state index contributed by atoms with van der Waals surface area (Å²) in [5, 5.41) is 3.01. The first-order valence-electron chi connectivity index (χ1n) is 9.35. The van der Waals surface area contributed by atoms with E-state index in [1.54, 1.807) is 6.08 Å². The zero-order valence-electron chi connectivity index (χ0n) is 15.6. The molecule has 0 bridgehead atoms. The zero-order chi connectivity index (χ0) is 18.9. The minimum atomic E-state index is -0.0598. The van der Waals surface area contributed by atoms with E-state index in [0.717, 1.165) is 12.0 Å². The Morgan fingerprint density at radius 3 is 1.96 bits per heavy atom. The minimum absolute atomic E-state index is 0.0598. The summed E-state index contributed by atoms with van der Waals surface area (Å²) >= 11 is 0. The Labute approximate surface area is 161 Å². The van der Waals surface area contributed by atoms with E-state index in [4.69, 9.17) is 0 Å². The lowest BCUT2D eigenvalue weighted by Gasteiger charge is -2.18. The van der Waals surface area contributed by atoms with Crippen LogP contribution in [-0.2, 0) is 4.79 Å². The third-order valence-electron chi connectivity index (χ3n) is 4.64. The number of hydrogen-bond acceptors (Lipinski definition) is 1. The minimum Gasteiger partial charge on any atom is -0.353 e. The average Bonchev–Trinajstić information content (AvgIpc) is 2.72. The summed E-state index contributed by atoms with van der Waals surface area (Å²) in [5.41, 5.74) is 4.79. The molecule has 0 unspecified atom stereocenters. The van der Waals surface area contributed by atoms with Crippen molar-refractivity contribution >= 4 is 12.0 Å². The fraction of sp³-hybridized carbons (Fsp3) is 0.160. The Morgan fingerprint density at radius 2 is 1.41 bits per heavy atom. The quantitative estimate of drug-likeness (QED) is 0.569. The Kier molecular flexibility index (Phi) is 6.59. The van der Waals surface area contributed by atoms with Gasteiger partial charge in [0.15, 0.2) is 0 Å². The van der Waals surface area contributed by atoms with E-state index in [-0.39, 0.29) is 11.8 Å². The van der Waals surface area contributed by atoms with Gasteiger partial charge in [-0.25, -0.2) is 0 Å². The van der Waals surface area contributed by atoms with Crippen molar-refractivity contribution in [3.8, 4) is 0 Å². The molecule has 2 nitrogen and oxygen atoms in total. The highest BCUT2D eigenvalue weighted by Gasteiger charge is 2.13. The van der Waals surface area contributed by atoms with E-state index in [0.29, 0.717) is 6.54 Å². The first-order valence-corrected chi connectivity index (χ1v) is 9.35. The van der Waals surface area contributed by atoms with Crippen LogP contribution in [0.1, 0.15) is 34.6 Å². The molecule has 0 fully saturated rings. The van der Waals surface area contributed by atoms with E-state index in [1.165, 1.54) is 16.7 Å². The molecular formula is C25H25NO. The molecule has 0 aromatic heterocycles. The van der Waals surface area contributed by atoms with Gasteiger partial charge in [0.25, 0.3) is 0 Å². The van der Waals surface area contributed by atoms with Gasteiger partial charge in [-0.2, -0.15) is 0 Å². The molecule has 0 spiro atoms. The fourth-order valence-electron chi connectivity index (χ4n) is 3.14. The highest BCUT2D eigenvalue weighted by atomic mass is 16.1. The number of nitrogens with one attached hydrogen (secondary N) is 1. The highest BCUT2D eigenvalue weighted by Crippen LogP contribution is 2.27. The van der Waals surface area contributed by atoms with Gasteiger partial charge in [0.2, 0.25) is 5.91 Å². The van der Waals surface area contributed by atoms with Crippen LogP contribution in [-0.4, -0.2) is 12.5 Å². The predicted molar refractivity (Wildman–Crippen MR) is 113 cm³/mol. The van der Waals surface area contributed by atoms with Crippen molar-refractivity contribution in [1.29, 1.82) is 0 Å². The summed E-state index contributed by atoms with van der Waals surface area (Å²) in [6.07, 6.45) is 4.31. The Morgan fingerprint density at radius 1 is 0.852 bits per heavy atom. The van der Waals surface area contributed by atoms with Crippen molar-refractivity contribution in [3.05, 3.63) is 113 Å². The molecule has 3 aromatic carbocycles. The molecule has 0 radical (unpaired) electrons. The largest absolute Gasteiger partial charge is 0.353 e. The molecule has 0 saturated carbocycles. The van der Waals surface area contributed by atoms with Gasteiger partial charge in [0.1, 0.15) is 0 Å². The Bertz CT molecular complexity index is 828. The van der Waals surface area contributed by atoms with Crippen LogP contribution in [0.5, 0.6) is 0 Å². The molecule has 3 rings (SSSR count). The van der Waals surface area contributed by atoms with Crippen molar-refractivity contribution in [2.75, 3.05) is 6.54 Å². The molecule has 3 aromatic rings. The number of aryl methyl sites for hydroxylation is 1. The molecular weight excluding hydrogens is 330 g/mol. The SMILES string of the molecule is Cc1ccc(C=CC(=O)NCCC(c2ccccc2)c2ccccc2)cc1.